The lowest BCUT2D eigenvalue weighted by molar-refractivity contribution is -0.130. The van der Waals surface area contributed by atoms with Crippen LogP contribution in [0.3, 0.4) is 0 Å². The van der Waals surface area contributed by atoms with Gasteiger partial charge in [-0.25, -0.2) is 0 Å². The van der Waals surface area contributed by atoms with Gasteiger partial charge in [0, 0.05) is 37.9 Å². The molecule has 22 heavy (non-hydrogen) atoms. The zero-order chi connectivity index (χ0) is 15.4. The number of hydrogen-bond donors (Lipinski definition) is 2. The third kappa shape index (κ3) is 3.50. The Bertz CT molecular complexity index is 537. The minimum atomic E-state index is 0.136. The fourth-order valence-electron chi connectivity index (χ4n) is 2.78. The summed E-state index contributed by atoms with van der Waals surface area (Å²) in [6, 6.07) is 10.7. The van der Waals surface area contributed by atoms with Crippen molar-refractivity contribution in [3.05, 3.63) is 30.3 Å². The smallest absolute Gasteiger partial charge is 0.242 e. The van der Waals surface area contributed by atoms with Crippen molar-refractivity contribution < 1.29 is 4.79 Å². The molecular formula is C16H23N5O. The summed E-state index contributed by atoms with van der Waals surface area (Å²) in [6.07, 6.45) is 0. The van der Waals surface area contributed by atoms with E-state index in [1.54, 1.807) is 0 Å². The van der Waals surface area contributed by atoms with Crippen molar-refractivity contribution in [3.63, 3.8) is 0 Å². The third-order valence-corrected chi connectivity index (χ3v) is 4.07. The SMILES string of the molecule is CC1CN=C(NCC(=O)N2CCN(c3ccccc3)CC2)N1. The molecule has 0 radical (unpaired) electrons. The van der Waals surface area contributed by atoms with E-state index in [4.69, 9.17) is 0 Å². The maximum atomic E-state index is 12.2. The number of piperazine rings is 1. The summed E-state index contributed by atoms with van der Waals surface area (Å²) < 4.78 is 0. The lowest BCUT2D eigenvalue weighted by atomic mass is 10.2. The van der Waals surface area contributed by atoms with Gasteiger partial charge in [0.25, 0.3) is 0 Å². The number of hydrogen-bond acceptors (Lipinski definition) is 5. The van der Waals surface area contributed by atoms with Crippen LogP contribution in [0.25, 0.3) is 0 Å². The molecule has 2 heterocycles. The molecule has 0 saturated carbocycles. The van der Waals surface area contributed by atoms with Gasteiger partial charge in [-0.2, -0.15) is 0 Å². The van der Waals surface area contributed by atoms with Gasteiger partial charge in [0.05, 0.1) is 13.1 Å². The zero-order valence-electron chi connectivity index (χ0n) is 13.0. The van der Waals surface area contributed by atoms with E-state index in [0.29, 0.717) is 12.6 Å². The standard InChI is InChI=1S/C16H23N5O/c1-13-11-17-16(19-13)18-12-15(22)21-9-7-20(8-10-21)14-5-3-2-4-6-14/h2-6,13H,7-12H2,1H3,(H2,17,18,19). The molecule has 1 fully saturated rings. The Balaban J connectivity index is 1.44. The van der Waals surface area contributed by atoms with Crippen LogP contribution in [-0.4, -0.2) is 62.1 Å². The van der Waals surface area contributed by atoms with Crippen molar-refractivity contribution in [2.75, 3.05) is 44.2 Å². The molecule has 2 N–H and O–H groups in total. The van der Waals surface area contributed by atoms with Gasteiger partial charge in [-0.15, -0.1) is 0 Å². The van der Waals surface area contributed by atoms with Crippen LogP contribution in [0.4, 0.5) is 5.69 Å². The van der Waals surface area contributed by atoms with E-state index in [0.717, 1.165) is 38.7 Å². The molecule has 1 atom stereocenters. The van der Waals surface area contributed by atoms with Crippen molar-refractivity contribution in [2.45, 2.75) is 13.0 Å². The topological polar surface area (TPSA) is 60.0 Å². The number of anilines is 1. The highest BCUT2D eigenvalue weighted by Crippen LogP contribution is 2.15. The molecular weight excluding hydrogens is 278 g/mol. The minimum Gasteiger partial charge on any atom is -0.368 e. The van der Waals surface area contributed by atoms with Crippen LogP contribution < -0.4 is 15.5 Å². The molecule has 1 unspecified atom stereocenters. The van der Waals surface area contributed by atoms with Gasteiger partial charge in [-0.1, -0.05) is 18.2 Å². The summed E-state index contributed by atoms with van der Waals surface area (Å²) in [7, 11) is 0. The number of para-hydroxylation sites is 1. The van der Waals surface area contributed by atoms with Crippen LogP contribution in [0.5, 0.6) is 0 Å². The largest absolute Gasteiger partial charge is 0.368 e. The fraction of sp³-hybridized carbons (Fsp3) is 0.500. The molecule has 0 bridgehead atoms. The Hall–Kier alpha value is -2.24. The molecule has 1 amide bonds. The number of carbonyl (C=O) groups excluding carboxylic acids is 1. The van der Waals surface area contributed by atoms with Crippen molar-refractivity contribution in [1.82, 2.24) is 15.5 Å². The van der Waals surface area contributed by atoms with Gasteiger partial charge in [-0.3, -0.25) is 9.79 Å². The Morgan fingerprint density at radius 3 is 2.64 bits per heavy atom. The highest BCUT2D eigenvalue weighted by atomic mass is 16.2. The second-order valence-corrected chi connectivity index (χ2v) is 5.79. The van der Waals surface area contributed by atoms with E-state index >= 15 is 0 Å². The molecule has 1 aromatic carbocycles. The first-order chi connectivity index (χ1) is 10.7. The third-order valence-electron chi connectivity index (χ3n) is 4.07. The predicted molar refractivity (Wildman–Crippen MR) is 88.1 cm³/mol. The summed E-state index contributed by atoms with van der Waals surface area (Å²) in [5.74, 6) is 0.875. The van der Waals surface area contributed by atoms with Crippen molar-refractivity contribution in [1.29, 1.82) is 0 Å². The molecule has 1 aromatic rings. The number of amides is 1. The second kappa shape index (κ2) is 6.68. The minimum absolute atomic E-state index is 0.136. The Kier molecular flexibility index (Phi) is 4.46. The van der Waals surface area contributed by atoms with Crippen LogP contribution in [0.2, 0.25) is 0 Å². The van der Waals surface area contributed by atoms with E-state index in [-0.39, 0.29) is 5.91 Å². The van der Waals surface area contributed by atoms with Crippen LogP contribution in [0.15, 0.2) is 35.3 Å². The first kappa shape index (κ1) is 14.7. The highest BCUT2D eigenvalue weighted by Gasteiger charge is 2.21. The van der Waals surface area contributed by atoms with Gasteiger partial charge in [0.15, 0.2) is 5.96 Å². The average molecular weight is 301 g/mol. The number of aliphatic imine (C=N–C) groups is 1. The number of nitrogens with zero attached hydrogens (tertiary/aromatic N) is 3. The molecule has 1 saturated heterocycles. The van der Waals surface area contributed by atoms with E-state index in [9.17, 15) is 4.79 Å². The predicted octanol–water partition coefficient (Wildman–Crippen LogP) is 0.273. The van der Waals surface area contributed by atoms with Gasteiger partial charge >= 0.3 is 0 Å². The maximum Gasteiger partial charge on any atom is 0.242 e. The van der Waals surface area contributed by atoms with Crippen molar-refractivity contribution in [2.24, 2.45) is 4.99 Å². The molecule has 2 aliphatic heterocycles. The maximum absolute atomic E-state index is 12.2. The van der Waals surface area contributed by atoms with E-state index in [1.807, 2.05) is 23.1 Å². The number of carbonyl (C=O) groups is 1. The van der Waals surface area contributed by atoms with Crippen LogP contribution in [-0.2, 0) is 4.79 Å². The Labute approximate surface area is 131 Å². The summed E-state index contributed by atoms with van der Waals surface area (Å²) in [6.45, 7) is 6.45. The lowest BCUT2D eigenvalue weighted by Gasteiger charge is -2.36. The van der Waals surface area contributed by atoms with Gasteiger partial charge in [0.1, 0.15) is 0 Å². The van der Waals surface area contributed by atoms with Crippen molar-refractivity contribution >= 4 is 17.6 Å². The summed E-state index contributed by atoms with van der Waals surface area (Å²) >= 11 is 0. The van der Waals surface area contributed by atoms with Gasteiger partial charge in [0.2, 0.25) is 5.91 Å². The number of benzene rings is 1. The molecule has 0 aliphatic carbocycles. The van der Waals surface area contributed by atoms with Gasteiger partial charge in [-0.05, 0) is 19.1 Å². The quantitative estimate of drug-likeness (QED) is 0.841. The van der Waals surface area contributed by atoms with E-state index in [2.05, 4.69) is 39.6 Å². The zero-order valence-corrected chi connectivity index (χ0v) is 13.0. The summed E-state index contributed by atoms with van der Waals surface area (Å²) in [5, 5.41) is 6.29. The van der Waals surface area contributed by atoms with Crippen LogP contribution in [0.1, 0.15) is 6.92 Å². The highest BCUT2D eigenvalue weighted by molar-refractivity contribution is 5.87. The molecule has 118 valence electrons. The summed E-state index contributed by atoms with van der Waals surface area (Å²) in [4.78, 5) is 20.8. The number of nitrogens with one attached hydrogen (secondary N) is 2. The molecule has 6 nitrogen and oxygen atoms in total. The molecule has 0 spiro atoms. The number of guanidine groups is 1. The molecule has 3 rings (SSSR count). The second-order valence-electron chi connectivity index (χ2n) is 5.79. The Morgan fingerprint density at radius 1 is 1.27 bits per heavy atom. The van der Waals surface area contributed by atoms with Crippen LogP contribution in [0, 0.1) is 0 Å². The monoisotopic (exact) mass is 301 g/mol. The fourth-order valence-corrected chi connectivity index (χ4v) is 2.78. The normalized spacial score (nSPS) is 21.3. The van der Waals surface area contributed by atoms with Gasteiger partial charge < -0.3 is 20.4 Å². The number of rotatable bonds is 3. The Morgan fingerprint density at radius 2 is 2.00 bits per heavy atom. The summed E-state index contributed by atoms with van der Waals surface area (Å²) in [5.41, 5.74) is 1.23. The van der Waals surface area contributed by atoms with E-state index in [1.165, 1.54) is 5.69 Å². The first-order valence-electron chi connectivity index (χ1n) is 7.85. The molecule has 2 aliphatic rings. The van der Waals surface area contributed by atoms with Crippen molar-refractivity contribution in [3.8, 4) is 0 Å². The molecule has 0 aromatic heterocycles. The molecule has 6 heteroatoms. The lowest BCUT2D eigenvalue weighted by Crippen LogP contribution is -2.52. The van der Waals surface area contributed by atoms with Crippen LogP contribution >= 0.6 is 0 Å². The average Bonchev–Trinajstić information content (AvgIpc) is 2.99. The first-order valence-corrected chi connectivity index (χ1v) is 7.85. The van der Waals surface area contributed by atoms with E-state index < -0.39 is 0 Å².